The minimum Gasteiger partial charge on any atom is -0.493 e. The van der Waals surface area contributed by atoms with Crippen molar-refractivity contribution in [3.8, 4) is 11.5 Å². The molecule has 0 aliphatic heterocycles. The van der Waals surface area contributed by atoms with Crippen LogP contribution in [0.2, 0.25) is 0 Å². The molecule has 0 radical (unpaired) electrons. The maximum Gasteiger partial charge on any atom is 0.416 e. The van der Waals surface area contributed by atoms with Crippen LogP contribution in [0.3, 0.4) is 0 Å². The summed E-state index contributed by atoms with van der Waals surface area (Å²) in [6.07, 6.45) is -2.92. The van der Waals surface area contributed by atoms with E-state index in [-0.39, 0.29) is 13.0 Å². The largest absolute Gasteiger partial charge is 0.493 e. The number of para-hydroxylation sites is 1. The van der Waals surface area contributed by atoms with Crippen molar-refractivity contribution in [2.24, 2.45) is 0 Å². The van der Waals surface area contributed by atoms with Gasteiger partial charge in [-0.25, -0.2) is 4.98 Å². The number of hydrogen-bond donors (Lipinski definition) is 1. The molecule has 4 aromatic rings. The fraction of sp³-hybridized carbons (Fsp3) is 0.154. The number of benzene rings is 3. The van der Waals surface area contributed by atoms with Crippen LogP contribution in [0.15, 0.2) is 66.7 Å². The fourth-order valence-electron chi connectivity index (χ4n) is 3.45. The summed E-state index contributed by atoms with van der Waals surface area (Å²) in [5.74, 6) is -0.268. The Labute approximate surface area is 203 Å². The van der Waals surface area contributed by atoms with Gasteiger partial charge >= 0.3 is 12.1 Å². The van der Waals surface area contributed by atoms with E-state index in [9.17, 15) is 23.1 Å². The second-order valence-corrected chi connectivity index (χ2v) is 8.65. The highest BCUT2D eigenvalue weighted by Crippen LogP contribution is 2.34. The van der Waals surface area contributed by atoms with Crippen molar-refractivity contribution in [1.82, 2.24) is 4.98 Å². The van der Waals surface area contributed by atoms with Crippen LogP contribution in [0.25, 0.3) is 21.9 Å². The molecule has 0 fully saturated rings. The summed E-state index contributed by atoms with van der Waals surface area (Å²) < 4.78 is 50.9. The first-order valence-electron chi connectivity index (χ1n) is 10.5. The number of alkyl halides is 3. The first-order chi connectivity index (χ1) is 16.7. The fourth-order valence-corrected chi connectivity index (χ4v) is 4.43. The Hall–Kier alpha value is -3.85. The van der Waals surface area contributed by atoms with E-state index < -0.39 is 17.7 Å². The molecule has 1 N–H and O–H groups in total. The molecular formula is C26H20F3NO4S. The number of carbonyl (C=O) groups is 1. The van der Waals surface area contributed by atoms with Crippen LogP contribution in [-0.2, 0) is 17.6 Å². The quantitative estimate of drug-likeness (QED) is 0.285. The summed E-state index contributed by atoms with van der Waals surface area (Å²) in [7, 11) is 1.45. The molecule has 0 aliphatic carbocycles. The number of methoxy groups -OCH3 is 1. The molecule has 4 rings (SSSR count). The second-order valence-electron chi connectivity index (χ2n) is 7.62. The van der Waals surface area contributed by atoms with Gasteiger partial charge in [-0.3, -0.25) is 4.79 Å². The van der Waals surface area contributed by atoms with Crippen molar-refractivity contribution >= 4 is 39.2 Å². The molecule has 0 aliphatic rings. The first kappa shape index (κ1) is 24.3. The third-order valence-electron chi connectivity index (χ3n) is 5.09. The van der Waals surface area contributed by atoms with Crippen molar-refractivity contribution in [3.63, 3.8) is 0 Å². The predicted molar refractivity (Wildman–Crippen MR) is 129 cm³/mol. The number of rotatable bonds is 8. The Kier molecular flexibility index (Phi) is 7.07. The molecule has 0 bridgehead atoms. The molecule has 1 aromatic heterocycles. The normalized spacial score (nSPS) is 12.1. The average molecular weight is 500 g/mol. The highest BCUT2D eigenvalue weighted by Gasteiger charge is 2.30. The minimum atomic E-state index is -4.43. The third kappa shape index (κ3) is 5.99. The van der Waals surface area contributed by atoms with Crippen LogP contribution in [0.4, 0.5) is 13.2 Å². The Balaban J connectivity index is 1.59. The van der Waals surface area contributed by atoms with Crippen LogP contribution < -0.4 is 9.47 Å². The number of aromatic nitrogens is 1. The van der Waals surface area contributed by atoms with Gasteiger partial charge in [-0.15, -0.1) is 11.3 Å². The topological polar surface area (TPSA) is 68.7 Å². The molecule has 9 heteroatoms. The minimum absolute atomic E-state index is 0.0779. The number of carboxylic acid groups (broad SMARTS) is 1. The average Bonchev–Trinajstić information content (AvgIpc) is 3.26. The Morgan fingerprint density at radius 3 is 2.57 bits per heavy atom. The number of hydrogen-bond acceptors (Lipinski definition) is 5. The van der Waals surface area contributed by atoms with Crippen molar-refractivity contribution in [2.45, 2.75) is 19.2 Å². The molecule has 180 valence electrons. The van der Waals surface area contributed by atoms with Gasteiger partial charge in [0.15, 0.2) is 11.5 Å². The molecule has 35 heavy (non-hydrogen) atoms. The van der Waals surface area contributed by atoms with Gasteiger partial charge in [0, 0.05) is 0 Å². The smallest absolute Gasteiger partial charge is 0.416 e. The van der Waals surface area contributed by atoms with Gasteiger partial charge in [0.2, 0.25) is 0 Å². The lowest BCUT2D eigenvalue weighted by Gasteiger charge is -2.13. The van der Waals surface area contributed by atoms with Gasteiger partial charge in [0.1, 0.15) is 11.6 Å². The Morgan fingerprint density at radius 1 is 1.06 bits per heavy atom. The number of halogens is 3. The standard InChI is InChI=1S/C26H20F3NO4S/c1-33-22-13-16(9-10-21(22)34-15-17-5-4-6-19(12-17)26(27,28)29)11-18(14-24(31)32)25-30-20-7-2-3-8-23(20)35-25/h2-13H,14-15H2,1H3,(H,31,32)/b18-11+. The summed E-state index contributed by atoms with van der Waals surface area (Å²) in [6, 6.07) is 17.5. The molecule has 0 saturated carbocycles. The molecule has 0 spiro atoms. The predicted octanol–water partition coefficient (Wildman–Crippen LogP) is 6.92. The van der Waals surface area contributed by atoms with Crippen molar-refractivity contribution < 1.29 is 32.5 Å². The third-order valence-corrected chi connectivity index (χ3v) is 6.20. The maximum atomic E-state index is 13.0. The number of thiazole rings is 1. The van der Waals surface area contributed by atoms with Gasteiger partial charge in [-0.05, 0) is 59.2 Å². The molecule has 0 saturated heterocycles. The molecular weight excluding hydrogens is 479 g/mol. The number of ether oxygens (including phenoxy) is 2. The number of nitrogens with zero attached hydrogens (tertiary/aromatic N) is 1. The molecule has 1 heterocycles. The van der Waals surface area contributed by atoms with E-state index in [1.54, 1.807) is 30.3 Å². The number of carboxylic acids is 1. The lowest BCUT2D eigenvalue weighted by Crippen LogP contribution is -2.06. The highest BCUT2D eigenvalue weighted by atomic mass is 32.1. The number of fused-ring (bicyclic) bond motifs is 1. The lowest BCUT2D eigenvalue weighted by molar-refractivity contribution is -0.138. The first-order valence-corrected chi connectivity index (χ1v) is 11.3. The van der Waals surface area contributed by atoms with Gasteiger partial charge in [0.25, 0.3) is 0 Å². The molecule has 0 amide bonds. The van der Waals surface area contributed by atoms with Gasteiger partial charge in [-0.1, -0.05) is 30.3 Å². The summed E-state index contributed by atoms with van der Waals surface area (Å²) in [6.45, 7) is -0.0779. The zero-order valence-electron chi connectivity index (χ0n) is 18.5. The Morgan fingerprint density at radius 2 is 1.86 bits per heavy atom. The molecule has 0 unspecified atom stereocenters. The summed E-state index contributed by atoms with van der Waals surface area (Å²) in [4.78, 5) is 16.1. The maximum absolute atomic E-state index is 13.0. The summed E-state index contributed by atoms with van der Waals surface area (Å²) >= 11 is 1.41. The van der Waals surface area contributed by atoms with Gasteiger partial charge in [0.05, 0.1) is 29.3 Å². The van der Waals surface area contributed by atoms with Crippen molar-refractivity contribution in [1.29, 1.82) is 0 Å². The highest BCUT2D eigenvalue weighted by molar-refractivity contribution is 7.19. The SMILES string of the molecule is COc1cc(/C=C(\CC(=O)O)c2nc3ccccc3s2)ccc1OCc1cccc(C(F)(F)F)c1. The van der Waals surface area contributed by atoms with Crippen molar-refractivity contribution in [2.75, 3.05) is 7.11 Å². The second kappa shape index (κ2) is 10.2. The molecule has 5 nitrogen and oxygen atoms in total. The zero-order chi connectivity index (χ0) is 25.0. The number of aliphatic carboxylic acids is 1. The van der Waals surface area contributed by atoms with Crippen LogP contribution in [0, 0.1) is 0 Å². The van der Waals surface area contributed by atoms with E-state index in [2.05, 4.69) is 4.98 Å². The van der Waals surface area contributed by atoms with E-state index in [4.69, 9.17) is 9.47 Å². The Bertz CT molecular complexity index is 1360. The van der Waals surface area contributed by atoms with E-state index in [1.807, 2.05) is 24.3 Å². The molecule has 3 aromatic carbocycles. The van der Waals surface area contributed by atoms with E-state index in [0.29, 0.717) is 33.2 Å². The van der Waals surface area contributed by atoms with E-state index in [1.165, 1.54) is 24.5 Å². The van der Waals surface area contributed by atoms with E-state index >= 15 is 0 Å². The van der Waals surface area contributed by atoms with Crippen LogP contribution in [0.1, 0.15) is 28.1 Å². The van der Waals surface area contributed by atoms with Crippen LogP contribution >= 0.6 is 11.3 Å². The lowest BCUT2D eigenvalue weighted by atomic mass is 10.1. The zero-order valence-corrected chi connectivity index (χ0v) is 19.3. The van der Waals surface area contributed by atoms with Gasteiger partial charge < -0.3 is 14.6 Å². The molecule has 0 atom stereocenters. The monoisotopic (exact) mass is 499 g/mol. The summed E-state index contributed by atoms with van der Waals surface area (Å²) in [5.41, 5.74) is 1.62. The van der Waals surface area contributed by atoms with Gasteiger partial charge in [-0.2, -0.15) is 13.2 Å². The summed E-state index contributed by atoms with van der Waals surface area (Å²) in [5, 5.41) is 10.0. The van der Waals surface area contributed by atoms with Crippen LogP contribution in [-0.4, -0.2) is 23.2 Å². The van der Waals surface area contributed by atoms with E-state index in [0.717, 1.165) is 22.3 Å². The van der Waals surface area contributed by atoms with Crippen LogP contribution in [0.5, 0.6) is 11.5 Å². The van der Waals surface area contributed by atoms with Crippen molar-refractivity contribution in [3.05, 3.63) is 88.4 Å².